The van der Waals surface area contributed by atoms with Crippen molar-refractivity contribution in [2.24, 2.45) is 5.84 Å². The van der Waals surface area contributed by atoms with Crippen LogP contribution in [0.25, 0.3) is 0 Å². The average molecular weight is 273 g/mol. The molecule has 3 N–H and O–H groups in total. The molecule has 100 valence electrons. The van der Waals surface area contributed by atoms with Gasteiger partial charge in [0.25, 0.3) is 0 Å². The Bertz CT molecular complexity index is 396. The van der Waals surface area contributed by atoms with Gasteiger partial charge in [-0.15, -0.1) is 0 Å². The van der Waals surface area contributed by atoms with Gasteiger partial charge >= 0.3 is 0 Å². The lowest BCUT2D eigenvalue weighted by molar-refractivity contribution is 0.0319. The molecule has 1 aliphatic rings. The van der Waals surface area contributed by atoms with Crippen molar-refractivity contribution >= 4 is 11.6 Å². The third-order valence-electron chi connectivity index (χ3n) is 3.41. The number of rotatable bonds is 4. The van der Waals surface area contributed by atoms with E-state index in [-0.39, 0.29) is 24.1 Å². The molecule has 3 unspecified atom stereocenters. The molecular weight excluding hydrogens is 255 g/mol. The van der Waals surface area contributed by atoms with Crippen LogP contribution in [0.2, 0.25) is 5.02 Å². The molecular formula is C13H18ClFN2O. The van der Waals surface area contributed by atoms with E-state index in [1.807, 2.05) is 6.92 Å². The molecule has 0 radical (unpaired) electrons. The van der Waals surface area contributed by atoms with Gasteiger partial charge in [0.05, 0.1) is 18.2 Å². The molecule has 1 aliphatic heterocycles. The van der Waals surface area contributed by atoms with Crippen LogP contribution in [0.4, 0.5) is 4.39 Å². The van der Waals surface area contributed by atoms with E-state index in [1.165, 1.54) is 6.07 Å². The summed E-state index contributed by atoms with van der Waals surface area (Å²) >= 11 is 6.02. The largest absolute Gasteiger partial charge is 0.374 e. The summed E-state index contributed by atoms with van der Waals surface area (Å²) in [5.41, 5.74) is 3.21. The van der Waals surface area contributed by atoms with Crippen molar-refractivity contribution in [3.8, 4) is 0 Å². The molecule has 0 aromatic heterocycles. The molecule has 5 heteroatoms. The molecule has 1 heterocycles. The smallest absolute Gasteiger partial charge is 0.127 e. The molecule has 1 saturated heterocycles. The van der Waals surface area contributed by atoms with E-state index in [9.17, 15) is 4.39 Å². The molecule has 1 fully saturated rings. The molecule has 3 nitrogen and oxygen atoms in total. The molecule has 1 aromatic carbocycles. The summed E-state index contributed by atoms with van der Waals surface area (Å²) in [6.45, 7) is 2.03. The predicted octanol–water partition coefficient (Wildman–Crippen LogP) is 2.42. The van der Waals surface area contributed by atoms with Gasteiger partial charge in [0, 0.05) is 10.6 Å². The van der Waals surface area contributed by atoms with Crippen LogP contribution >= 0.6 is 11.6 Å². The topological polar surface area (TPSA) is 47.3 Å². The van der Waals surface area contributed by atoms with Crippen LogP contribution in [0.3, 0.4) is 0 Å². The Balaban J connectivity index is 2.10. The van der Waals surface area contributed by atoms with Gasteiger partial charge < -0.3 is 4.74 Å². The second-order valence-corrected chi connectivity index (χ2v) is 5.15. The predicted molar refractivity (Wildman–Crippen MR) is 69.8 cm³/mol. The van der Waals surface area contributed by atoms with Gasteiger partial charge in [-0.3, -0.25) is 11.3 Å². The Labute approximate surface area is 111 Å². The van der Waals surface area contributed by atoms with Crippen LogP contribution in [-0.2, 0) is 11.2 Å². The summed E-state index contributed by atoms with van der Waals surface area (Å²) in [7, 11) is 0. The van der Waals surface area contributed by atoms with E-state index in [0.29, 0.717) is 17.0 Å². The molecule has 3 atom stereocenters. The number of nitrogens with two attached hydrogens (primary N) is 1. The van der Waals surface area contributed by atoms with Crippen LogP contribution in [0.1, 0.15) is 25.3 Å². The van der Waals surface area contributed by atoms with Crippen LogP contribution in [-0.4, -0.2) is 18.2 Å². The molecule has 0 saturated carbocycles. The first kappa shape index (κ1) is 13.7. The van der Waals surface area contributed by atoms with Crippen molar-refractivity contribution in [2.75, 3.05) is 0 Å². The summed E-state index contributed by atoms with van der Waals surface area (Å²) in [5.74, 6) is 5.25. The summed E-state index contributed by atoms with van der Waals surface area (Å²) in [6, 6.07) is 4.57. The lowest BCUT2D eigenvalue weighted by Crippen LogP contribution is -2.45. The fourth-order valence-corrected chi connectivity index (χ4v) is 2.61. The lowest BCUT2D eigenvalue weighted by Gasteiger charge is -2.23. The standard InChI is InChI=1S/C13H18ClFN2O/c1-8-5-6-13(18-8)12(17-16)7-9-10(14)3-2-4-11(9)15/h2-4,8,12-13,17H,5-7,16H2,1H3. The lowest BCUT2D eigenvalue weighted by atomic mass is 9.99. The average Bonchev–Trinajstić information content (AvgIpc) is 2.76. The van der Waals surface area contributed by atoms with E-state index < -0.39 is 0 Å². The van der Waals surface area contributed by atoms with Gasteiger partial charge in [-0.05, 0) is 38.3 Å². The molecule has 0 amide bonds. The molecule has 0 aliphatic carbocycles. The maximum Gasteiger partial charge on any atom is 0.127 e. The molecule has 18 heavy (non-hydrogen) atoms. The summed E-state index contributed by atoms with van der Waals surface area (Å²) in [6.07, 6.45) is 2.62. The van der Waals surface area contributed by atoms with Crippen molar-refractivity contribution in [3.05, 3.63) is 34.6 Å². The molecule has 1 aromatic rings. The first-order valence-corrected chi connectivity index (χ1v) is 6.54. The van der Waals surface area contributed by atoms with Crippen LogP contribution in [0, 0.1) is 5.82 Å². The third kappa shape index (κ3) is 3.01. The second kappa shape index (κ2) is 5.97. The van der Waals surface area contributed by atoms with Crippen molar-refractivity contribution in [1.82, 2.24) is 5.43 Å². The molecule has 0 bridgehead atoms. The monoisotopic (exact) mass is 272 g/mol. The SMILES string of the molecule is CC1CCC(C(Cc2c(F)cccc2Cl)NN)O1. The minimum Gasteiger partial charge on any atom is -0.374 e. The normalized spacial score (nSPS) is 25.3. The Morgan fingerprint density at radius 3 is 2.89 bits per heavy atom. The number of nitrogens with one attached hydrogen (secondary N) is 1. The van der Waals surface area contributed by atoms with E-state index in [2.05, 4.69) is 5.43 Å². The zero-order valence-corrected chi connectivity index (χ0v) is 11.1. The summed E-state index contributed by atoms with van der Waals surface area (Å²) in [5, 5.41) is 0.432. The van der Waals surface area contributed by atoms with Gasteiger partial charge in [-0.2, -0.15) is 0 Å². The highest BCUT2D eigenvalue weighted by molar-refractivity contribution is 6.31. The van der Waals surface area contributed by atoms with Gasteiger partial charge in [0.2, 0.25) is 0 Å². The van der Waals surface area contributed by atoms with Crippen molar-refractivity contribution in [3.63, 3.8) is 0 Å². The quantitative estimate of drug-likeness (QED) is 0.654. The zero-order valence-electron chi connectivity index (χ0n) is 10.3. The van der Waals surface area contributed by atoms with Crippen molar-refractivity contribution < 1.29 is 9.13 Å². The first-order chi connectivity index (χ1) is 8.61. The Morgan fingerprint density at radius 1 is 1.56 bits per heavy atom. The number of benzene rings is 1. The number of hydrazine groups is 1. The highest BCUT2D eigenvalue weighted by Gasteiger charge is 2.30. The number of ether oxygens (including phenoxy) is 1. The Kier molecular flexibility index (Phi) is 4.56. The highest BCUT2D eigenvalue weighted by Crippen LogP contribution is 2.26. The minimum atomic E-state index is -0.297. The Morgan fingerprint density at radius 2 is 2.33 bits per heavy atom. The van der Waals surface area contributed by atoms with Crippen LogP contribution in [0.5, 0.6) is 0 Å². The van der Waals surface area contributed by atoms with Crippen molar-refractivity contribution in [1.29, 1.82) is 0 Å². The molecule has 2 rings (SSSR count). The van der Waals surface area contributed by atoms with Gasteiger partial charge in [0.1, 0.15) is 5.82 Å². The van der Waals surface area contributed by atoms with E-state index >= 15 is 0 Å². The Hall–Kier alpha value is -0.680. The summed E-state index contributed by atoms with van der Waals surface area (Å²) < 4.78 is 19.5. The maximum atomic E-state index is 13.7. The number of halogens is 2. The van der Waals surface area contributed by atoms with Gasteiger partial charge in [0.15, 0.2) is 0 Å². The second-order valence-electron chi connectivity index (χ2n) is 4.74. The molecule has 0 spiro atoms. The van der Waals surface area contributed by atoms with E-state index in [0.717, 1.165) is 12.8 Å². The van der Waals surface area contributed by atoms with Crippen LogP contribution < -0.4 is 11.3 Å². The number of hydrogen-bond donors (Lipinski definition) is 2. The maximum absolute atomic E-state index is 13.7. The highest BCUT2D eigenvalue weighted by atomic mass is 35.5. The van der Waals surface area contributed by atoms with Gasteiger partial charge in [-0.1, -0.05) is 17.7 Å². The number of hydrogen-bond acceptors (Lipinski definition) is 3. The van der Waals surface area contributed by atoms with E-state index in [1.54, 1.807) is 12.1 Å². The van der Waals surface area contributed by atoms with Crippen molar-refractivity contribution in [2.45, 2.75) is 44.4 Å². The van der Waals surface area contributed by atoms with Crippen LogP contribution in [0.15, 0.2) is 18.2 Å². The summed E-state index contributed by atoms with van der Waals surface area (Å²) in [4.78, 5) is 0. The fraction of sp³-hybridized carbons (Fsp3) is 0.538. The zero-order chi connectivity index (χ0) is 13.1. The third-order valence-corrected chi connectivity index (χ3v) is 3.77. The van der Waals surface area contributed by atoms with Gasteiger partial charge in [-0.25, -0.2) is 4.39 Å². The van der Waals surface area contributed by atoms with E-state index in [4.69, 9.17) is 22.2 Å². The minimum absolute atomic E-state index is 0.0145. The first-order valence-electron chi connectivity index (χ1n) is 6.16. The fourth-order valence-electron chi connectivity index (χ4n) is 2.37.